The number of nitrogens with zero attached hydrogens (tertiary/aromatic N) is 4. The van der Waals surface area contributed by atoms with Crippen molar-refractivity contribution in [2.24, 2.45) is 5.73 Å². The van der Waals surface area contributed by atoms with E-state index in [2.05, 4.69) is 20.4 Å². The van der Waals surface area contributed by atoms with Crippen LogP contribution in [0.4, 0.5) is 24.8 Å². The van der Waals surface area contributed by atoms with Crippen molar-refractivity contribution in [3.63, 3.8) is 0 Å². The maximum Gasteiger partial charge on any atom is 0.416 e. The van der Waals surface area contributed by atoms with Crippen molar-refractivity contribution in [3.8, 4) is 11.3 Å². The van der Waals surface area contributed by atoms with Crippen LogP contribution in [-0.4, -0.2) is 25.7 Å². The van der Waals surface area contributed by atoms with Gasteiger partial charge in [-0.25, -0.2) is 9.97 Å². The van der Waals surface area contributed by atoms with E-state index in [0.29, 0.717) is 24.4 Å². The number of amides is 1. The minimum atomic E-state index is -4.46. The zero-order chi connectivity index (χ0) is 25.4. The van der Waals surface area contributed by atoms with Gasteiger partial charge in [-0.05, 0) is 60.7 Å². The molecule has 4 aromatic rings. The predicted molar refractivity (Wildman–Crippen MR) is 128 cm³/mol. The van der Waals surface area contributed by atoms with E-state index in [9.17, 15) is 18.0 Å². The summed E-state index contributed by atoms with van der Waals surface area (Å²) in [4.78, 5) is 20.5. The van der Waals surface area contributed by atoms with Gasteiger partial charge < -0.3 is 11.1 Å². The number of carbonyl (C=O) groups is 1. The maximum atomic E-state index is 13.1. The van der Waals surface area contributed by atoms with Gasteiger partial charge in [0.05, 0.1) is 29.4 Å². The fourth-order valence-corrected chi connectivity index (χ4v) is 4.66. The molecule has 5 rings (SSSR count). The summed E-state index contributed by atoms with van der Waals surface area (Å²) in [5.74, 6) is -0.227. The number of fused-ring (bicyclic) bond motifs is 1. The molecule has 0 fully saturated rings. The molecule has 184 valence electrons. The number of hydrogen-bond acceptors (Lipinski definition) is 5. The predicted octanol–water partition coefficient (Wildman–Crippen LogP) is 5.36. The number of pyridine rings is 2. The third-order valence-corrected chi connectivity index (χ3v) is 6.33. The van der Waals surface area contributed by atoms with E-state index in [1.807, 2.05) is 48.1 Å². The molecular formula is C26H23F3N6O. The molecule has 0 saturated carbocycles. The Kier molecular flexibility index (Phi) is 5.95. The summed E-state index contributed by atoms with van der Waals surface area (Å²) in [6.07, 6.45) is 1.58. The van der Waals surface area contributed by atoms with Crippen LogP contribution in [-0.2, 0) is 11.0 Å². The van der Waals surface area contributed by atoms with Crippen molar-refractivity contribution >= 4 is 17.5 Å². The van der Waals surface area contributed by atoms with Gasteiger partial charge in [0.25, 0.3) is 0 Å². The highest BCUT2D eigenvalue weighted by atomic mass is 19.4. The summed E-state index contributed by atoms with van der Waals surface area (Å²) in [6, 6.07) is 13.2. The molecule has 0 radical (unpaired) electrons. The van der Waals surface area contributed by atoms with E-state index in [-0.39, 0.29) is 23.7 Å². The first kappa shape index (κ1) is 23.5. The summed E-state index contributed by atoms with van der Waals surface area (Å²) in [7, 11) is 0. The number of aromatic nitrogens is 4. The van der Waals surface area contributed by atoms with Crippen LogP contribution >= 0.6 is 0 Å². The van der Waals surface area contributed by atoms with Crippen molar-refractivity contribution in [1.29, 1.82) is 0 Å². The molecule has 0 spiro atoms. The van der Waals surface area contributed by atoms with E-state index in [4.69, 9.17) is 5.73 Å². The van der Waals surface area contributed by atoms with Crippen LogP contribution in [0.1, 0.15) is 47.1 Å². The average Bonchev–Trinajstić information content (AvgIpc) is 3.33. The number of benzene rings is 1. The Balaban J connectivity index is 1.43. The number of aryl methyl sites for hydroxylation is 1. The Morgan fingerprint density at radius 2 is 1.86 bits per heavy atom. The third kappa shape index (κ3) is 4.66. The highest BCUT2D eigenvalue weighted by molar-refractivity contribution is 5.82. The van der Waals surface area contributed by atoms with Gasteiger partial charge in [0, 0.05) is 18.0 Å². The van der Waals surface area contributed by atoms with E-state index >= 15 is 0 Å². The van der Waals surface area contributed by atoms with Crippen molar-refractivity contribution in [1.82, 2.24) is 19.7 Å². The molecule has 1 aliphatic rings. The number of nitrogens with one attached hydrogen (secondary N) is 1. The molecule has 36 heavy (non-hydrogen) atoms. The Morgan fingerprint density at radius 1 is 1.08 bits per heavy atom. The zero-order valence-corrected chi connectivity index (χ0v) is 19.3. The first-order valence-corrected chi connectivity index (χ1v) is 11.4. The van der Waals surface area contributed by atoms with Gasteiger partial charge in [-0.1, -0.05) is 24.3 Å². The minimum absolute atomic E-state index is 0.0485. The number of halogens is 3. The molecule has 7 nitrogen and oxygen atoms in total. The molecule has 1 aromatic carbocycles. The summed E-state index contributed by atoms with van der Waals surface area (Å²) < 4.78 is 41.0. The summed E-state index contributed by atoms with van der Waals surface area (Å²) in [5.41, 5.74) is 9.01. The summed E-state index contributed by atoms with van der Waals surface area (Å²) in [5, 5.41) is 7.44. The molecule has 0 saturated heterocycles. The van der Waals surface area contributed by atoms with Crippen molar-refractivity contribution < 1.29 is 18.0 Å². The Hall–Kier alpha value is -4.21. The molecule has 0 bridgehead atoms. The molecule has 2 atom stereocenters. The zero-order valence-electron chi connectivity index (χ0n) is 19.3. The van der Waals surface area contributed by atoms with Crippen LogP contribution < -0.4 is 11.1 Å². The third-order valence-electron chi connectivity index (χ3n) is 6.33. The normalized spacial score (nSPS) is 17.4. The average molecular weight is 493 g/mol. The Bertz CT molecular complexity index is 1430. The first-order valence-electron chi connectivity index (χ1n) is 11.4. The highest BCUT2D eigenvalue weighted by Gasteiger charge is 2.32. The number of rotatable bonds is 5. The Morgan fingerprint density at radius 3 is 2.61 bits per heavy atom. The van der Waals surface area contributed by atoms with Gasteiger partial charge >= 0.3 is 6.18 Å². The van der Waals surface area contributed by atoms with Gasteiger partial charge in [-0.3, -0.25) is 9.48 Å². The monoisotopic (exact) mass is 492 g/mol. The second kappa shape index (κ2) is 9.10. The lowest BCUT2D eigenvalue weighted by Crippen LogP contribution is -2.28. The number of carbonyl (C=O) groups excluding carboxylic acids is 1. The number of alkyl halides is 3. The van der Waals surface area contributed by atoms with Crippen LogP contribution in [0.25, 0.3) is 11.3 Å². The summed E-state index contributed by atoms with van der Waals surface area (Å²) in [6.45, 7) is 1.88. The van der Waals surface area contributed by atoms with Gasteiger partial charge in [-0.15, -0.1) is 0 Å². The van der Waals surface area contributed by atoms with Gasteiger partial charge in [0.2, 0.25) is 5.91 Å². The number of primary amides is 1. The lowest BCUT2D eigenvalue weighted by molar-refractivity contribution is -0.137. The molecule has 2 unspecified atom stereocenters. The van der Waals surface area contributed by atoms with E-state index in [0.717, 1.165) is 40.6 Å². The largest absolute Gasteiger partial charge is 0.416 e. The van der Waals surface area contributed by atoms with Crippen molar-refractivity contribution in [3.05, 3.63) is 89.4 Å². The van der Waals surface area contributed by atoms with Crippen LogP contribution in [0.15, 0.2) is 67.1 Å². The van der Waals surface area contributed by atoms with Gasteiger partial charge in [0.1, 0.15) is 11.6 Å². The van der Waals surface area contributed by atoms with Crippen LogP contribution in [0.3, 0.4) is 0 Å². The fraction of sp³-hybridized carbons (Fsp3) is 0.231. The van der Waals surface area contributed by atoms with Gasteiger partial charge in [0.15, 0.2) is 0 Å². The van der Waals surface area contributed by atoms with Crippen molar-refractivity contribution in [2.45, 2.75) is 37.9 Å². The number of hydrogen-bond donors (Lipinski definition) is 2. The van der Waals surface area contributed by atoms with E-state index < -0.39 is 11.7 Å². The van der Waals surface area contributed by atoms with E-state index in [1.165, 1.54) is 0 Å². The SMILES string of the molecule is Cc1cc(Nc2cc(C(F)(F)F)ccn2)nc(-c2cnn(C3CCC(C(N)=O)c4ccccc43)c2)c1. The fourth-order valence-electron chi connectivity index (χ4n) is 4.66. The molecule has 10 heteroatoms. The van der Waals surface area contributed by atoms with E-state index in [1.54, 1.807) is 12.3 Å². The number of anilines is 2. The molecule has 3 heterocycles. The molecule has 1 aliphatic carbocycles. The van der Waals surface area contributed by atoms with Crippen LogP contribution in [0.5, 0.6) is 0 Å². The number of nitrogens with two attached hydrogens (primary N) is 1. The lowest BCUT2D eigenvalue weighted by atomic mass is 9.80. The summed E-state index contributed by atoms with van der Waals surface area (Å²) >= 11 is 0. The first-order chi connectivity index (χ1) is 17.2. The standard InChI is InChI=1S/C26H23F3N6O/c1-15-10-21(33-24(11-15)34-23-12-17(8-9-31-23)26(27,28)29)16-13-32-35(14-16)22-7-6-20(25(30)36)18-4-2-3-5-19(18)22/h2-5,8-14,20,22H,6-7H2,1H3,(H2,30,36)(H,31,33,34). The van der Waals surface area contributed by atoms with Crippen LogP contribution in [0, 0.1) is 6.92 Å². The highest BCUT2D eigenvalue weighted by Crippen LogP contribution is 2.39. The topological polar surface area (TPSA) is 98.7 Å². The molecule has 3 aromatic heterocycles. The molecule has 1 amide bonds. The van der Waals surface area contributed by atoms with Gasteiger partial charge in [-0.2, -0.15) is 18.3 Å². The quantitative estimate of drug-likeness (QED) is 0.391. The second-order valence-electron chi connectivity index (χ2n) is 8.85. The molecule has 3 N–H and O–H groups in total. The smallest absolute Gasteiger partial charge is 0.369 e. The molecular weight excluding hydrogens is 469 g/mol. The minimum Gasteiger partial charge on any atom is -0.369 e. The van der Waals surface area contributed by atoms with Crippen molar-refractivity contribution in [2.75, 3.05) is 5.32 Å². The Labute approximate surface area is 205 Å². The lowest BCUT2D eigenvalue weighted by Gasteiger charge is -2.30. The second-order valence-corrected chi connectivity index (χ2v) is 8.85. The van der Waals surface area contributed by atoms with Crippen LogP contribution in [0.2, 0.25) is 0 Å². The molecule has 0 aliphatic heterocycles. The maximum absolute atomic E-state index is 13.1.